The first-order valence-corrected chi connectivity index (χ1v) is 17.3. The summed E-state index contributed by atoms with van der Waals surface area (Å²) in [6.45, 7) is 10.3. The molecule has 4 heterocycles. The van der Waals surface area contributed by atoms with E-state index in [2.05, 4.69) is 41.0 Å². The molecule has 0 bridgehead atoms. The lowest BCUT2D eigenvalue weighted by molar-refractivity contribution is 0.0151. The van der Waals surface area contributed by atoms with Crippen LogP contribution in [0.25, 0.3) is 33.5 Å². The van der Waals surface area contributed by atoms with E-state index in [9.17, 15) is 12.8 Å². The average molecular weight is 658 g/mol. The molecular weight excluding hydrogens is 620 g/mol. The molecule has 3 aromatic heterocycles. The summed E-state index contributed by atoms with van der Waals surface area (Å²) < 4.78 is 60.6. The van der Waals surface area contributed by atoms with Crippen molar-refractivity contribution in [3.63, 3.8) is 0 Å². The van der Waals surface area contributed by atoms with Gasteiger partial charge in [0.2, 0.25) is 0 Å². The number of aromatic nitrogens is 3. The van der Waals surface area contributed by atoms with Crippen LogP contribution in [0.1, 0.15) is 32.8 Å². The van der Waals surface area contributed by atoms with E-state index in [1.165, 1.54) is 18.2 Å². The van der Waals surface area contributed by atoms with Crippen molar-refractivity contribution in [2.45, 2.75) is 45.1 Å². The molecule has 1 aliphatic heterocycles. The maximum absolute atomic E-state index is 15.6. The summed E-state index contributed by atoms with van der Waals surface area (Å²) in [6, 6.07) is 15.9. The molecule has 0 amide bonds. The van der Waals surface area contributed by atoms with Gasteiger partial charge in [0, 0.05) is 48.8 Å². The van der Waals surface area contributed by atoms with E-state index < -0.39 is 21.5 Å². The quantitative estimate of drug-likeness (QED) is 0.190. The molecule has 6 rings (SSSR count). The Bertz CT molecular complexity index is 2050. The number of pyridine rings is 3. The third-order valence-electron chi connectivity index (χ3n) is 8.19. The van der Waals surface area contributed by atoms with Gasteiger partial charge in [-0.25, -0.2) is 22.2 Å². The van der Waals surface area contributed by atoms with Gasteiger partial charge in [-0.05, 0) is 49.1 Å². The van der Waals surface area contributed by atoms with E-state index >= 15 is 4.39 Å². The summed E-state index contributed by atoms with van der Waals surface area (Å²) in [5, 5.41) is 3.59. The zero-order chi connectivity index (χ0) is 33.5. The molecule has 1 saturated heterocycles. The van der Waals surface area contributed by atoms with E-state index in [1.54, 1.807) is 36.7 Å². The standard InChI is InChI=1S/C36H37F2N5O3S/c1-22-33(29-8-6-7-13-39-29)41-30-17-24(37)16-28(38)32(30)34(22)42-31-18-25(43-14-15-46-26(21-43)19-36(2,3)4)20-40-35(31)23-9-11-27(12-10-23)47(5,44)45/h6-13,16-18,20,26H,14-15,19,21H2,1-5H3,(H,41,42). The highest BCUT2D eigenvalue weighted by Gasteiger charge is 2.27. The molecule has 8 nitrogen and oxygen atoms in total. The van der Waals surface area contributed by atoms with Crippen LogP contribution >= 0.6 is 0 Å². The molecule has 1 aliphatic rings. The van der Waals surface area contributed by atoms with Crippen molar-refractivity contribution in [1.29, 1.82) is 0 Å². The van der Waals surface area contributed by atoms with Gasteiger partial charge in [-0.3, -0.25) is 9.97 Å². The fourth-order valence-electron chi connectivity index (χ4n) is 6.02. The number of benzene rings is 2. The summed E-state index contributed by atoms with van der Waals surface area (Å²) in [5.41, 5.74) is 4.86. The Morgan fingerprint density at radius 2 is 1.79 bits per heavy atom. The second-order valence-electron chi connectivity index (χ2n) is 13.2. The van der Waals surface area contributed by atoms with Crippen LogP contribution in [0.3, 0.4) is 0 Å². The number of hydrogen-bond donors (Lipinski definition) is 1. The number of sulfone groups is 1. The number of rotatable bonds is 7. The van der Waals surface area contributed by atoms with Gasteiger partial charge in [-0.1, -0.05) is 39.0 Å². The van der Waals surface area contributed by atoms with E-state index in [1.807, 2.05) is 19.1 Å². The van der Waals surface area contributed by atoms with Crippen molar-refractivity contribution >= 4 is 37.8 Å². The normalized spacial score (nSPS) is 15.6. The zero-order valence-electron chi connectivity index (χ0n) is 27.0. The van der Waals surface area contributed by atoms with Crippen LogP contribution in [-0.2, 0) is 14.6 Å². The number of fused-ring (bicyclic) bond motifs is 1. The molecule has 1 N–H and O–H groups in total. The fourth-order valence-corrected chi connectivity index (χ4v) is 6.65. The van der Waals surface area contributed by atoms with Crippen LogP contribution in [0.5, 0.6) is 0 Å². The number of nitrogens with zero attached hydrogens (tertiary/aromatic N) is 4. The lowest BCUT2D eigenvalue weighted by Crippen LogP contribution is -2.44. The Balaban J connectivity index is 1.51. The second kappa shape index (κ2) is 12.6. The smallest absolute Gasteiger partial charge is 0.175 e. The predicted molar refractivity (Wildman–Crippen MR) is 182 cm³/mol. The average Bonchev–Trinajstić information content (AvgIpc) is 3.01. The number of ether oxygens (including phenoxy) is 1. The number of anilines is 3. The van der Waals surface area contributed by atoms with Crippen LogP contribution in [0.4, 0.5) is 25.8 Å². The Morgan fingerprint density at radius 1 is 1.02 bits per heavy atom. The van der Waals surface area contributed by atoms with Crippen molar-refractivity contribution in [2.75, 3.05) is 36.2 Å². The van der Waals surface area contributed by atoms with Crippen LogP contribution in [0, 0.1) is 24.0 Å². The highest BCUT2D eigenvalue weighted by Crippen LogP contribution is 2.40. The molecule has 0 radical (unpaired) electrons. The van der Waals surface area contributed by atoms with Gasteiger partial charge in [-0.15, -0.1) is 0 Å². The third-order valence-corrected chi connectivity index (χ3v) is 9.32. The van der Waals surface area contributed by atoms with E-state index in [4.69, 9.17) is 9.72 Å². The Hall–Kier alpha value is -4.48. The third kappa shape index (κ3) is 7.11. The summed E-state index contributed by atoms with van der Waals surface area (Å²) in [7, 11) is -3.41. The van der Waals surface area contributed by atoms with Crippen molar-refractivity contribution in [1.82, 2.24) is 15.0 Å². The van der Waals surface area contributed by atoms with Crippen LogP contribution in [0.15, 0.2) is 78.0 Å². The van der Waals surface area contributed by atoms with E-state index in [0.717, 1.165) is 24.4 Å². The maximum Gasteiger partial charge on any atom is 0.175 e. The highest BCUT2D eigenvalue weighted by atomic mass is 32.2. The van der Waals surface area contributed by atoms with Crippen molar-refractivity contribution in [3.05, 3.63) is 90.3 Å². The Kier molecular flexibility index (Phi) is 8.71. The van der Waals surface area contributed by atoms with Crippen molar-refractivity contribution in [2.24, 2.45) is 5.41 Å². The Labute approximate surface area is 273 Å². The molecule has 0 spiro atoms. The summed E-state index contributed by atoms with van der Waals surface area (Å²) in [4.78, 5) is 16.4. The lowest BCUT2D eigenvalue weighted by Gasteiger charge is -2.37. The molecule has 1 fully saturated rings. The monoisotopic (exact) mass is 657 g/mol. The minimum atomic E-state index is -3.41. The Morgan fingerprint density at radius 3 is 2.47 bits per heavy atom. The summed E-state index contributed by atoms with van der Waals surface area (Å²) in [6.07, 6.45) is 5.52. The number of hydrogen-bond acceptors (Lipinski definition) is 8. The summed E-state index contributed by atoms with van der Waals surface area (Å²) in [5.74, 6) is -1.50. The first kappa shape index (κ1) is 32.5. The van der Waals surface area contributed by atoms with E-state index in [0.29, 0.717) is 59.3 Å². The molecule has 0 saturated carbocycles. The van der Waals surface area contributed by atoms with Gasteiger partial charge in [-0.2, -0.15) is 0 Å². The first-order chi connectivity index (χ1) is 22.3. The molecule has 244 valence electrons. The molecule has 11 heteroatoms. The molecule has 1 unspecified atom stereocenters. The van der Waals surface area contributed by atoms with Gasteiger partial charge in [0.25, 0.3) is 0 Å². The van der Waals surface area contributed by atoms with Gasteiger partial charge in [0.15, 0.2) is 9.84 Å². The van der Waals surface area contributed by atoms with Crippen LogP contribution in [-0.4, -0.2) is 55.4 Å². The molecule has 1 atom stereocenters. The maximum atomic E-state index is 15.6. The van der Waals surface area contributed by atoms with Crippen molar-refractivity contribution < 1.29 is 21.9 Å². The van der Waals surface area contributed by atoms with Gasteiger partial charge in [0.1, 0.15) is 11.6 Å². The SMILES string of the molecule is Cc1c(-c2ccccn2)nc2cc(F)cc(F)c2c1Nc1cc(N2CCOC(CC(C)(C)C)C2)cnc1-c1ccc(S(C)(=O)=O)cc1. The lowest BCUT2D eigenvalue weighted by atomic mass is 9.88. The number of halogens is 2. The second-order valence-corrected chi connectivity index (χ2v) is 15.2. The van der Waals surface area contributed by atoms with Crippen LogP contribution in [0.2, 0.25) is 0 Å². The van der Waals surface area contributed by atoms with E-state index in [-0.39, 0.29) is 27.3 Å². The minimum absolute atomic E-state index is 0.0414. The topological polar surface area (TPSA) is 97.3 Å². The van der Waals surface area contributed by atoms with Gasteiger partial charge in [0.05, 0.1) is 68.9 Å². The van der Waals surface area contributed by atoms with Gasteiger partial charge >= 0.3 is 0 Å². The zero-order valence-corrected chi connectivity index (χ0v) is 27.8. The fraction of sp³-hybridized carbons (Fsp3) is 0.306. The highest BCUT2D eigenvalue weighted by molar-refractivity contribution is 7.90. The molecule has 0 aliphatic carbocycles. The van der Waals surface area contributed by atoms with Crippen molar-refractivity contribution in [3.8, 4) is 22.6 Å². The number of nitrogens with one attached hydrogen (secondary N) is 1. The van der Waals surface area contributed by atoms with Crippen LogP contribution < -0.4 is 10.2 Å². The molecule has 2 aromatic carbocycles. The largest absolute Gasteiger partial charge is 0.375 e. The first-order valence-electron chi connectivity index (χ1n) is 15.4. The molecule has 47 heavy (non-hydrogen) atoms. The molecular formula is C36H37F2N5O3S. The molecule has 5 aromatic rings. The van der Waals surface area contributed by atoms with Gasteiger partial charge < -0.3 is 15.0 Å². The number of morpholine rings is 1. The summed E-state index contributed by atoms with van der Waals surface area (Å²) >= 11 is 0. The predicted octanol–water partition coefficient (Wildman–Crippen LogP) is 7.73. The minimum Gasteiger partial charge on any atom is -0.375 e.